The fourth-order valence-electron chi connectivity index (χ4n) is 5.54. The van der Waals surface area contributed by atoms with E-state index in [1.54, 1.807) is 11.0 Å². The van der Waals surface area contributed by atoms with Crippen molar-refractivity contribution in [2.24, 2.45) is 0 Å². The average molecular weight is 486 g/mol. The van der Waals surface area contributed by atoms with Crippen LogP contribution in [-0.2, 0) is 23.3 Å². The molecule has 0 radical (unpaired) electrons. The van der Waals surface area contributed by atoms with Crippen LogP contribution >= 0.6 is 0 Å². The number of nitrogens with zero attached hydrogens (tertiary/aromatic N) is 2. The Bertz CT molecular complexity index is 1180. The number of carbonyl (C=O) groups is 2. The lowest BCUT2D eigenvalue weighted by molar-refractivity contribution is -0.121. The Kier molecular flexibility index (Phi) is 5.09. The molecule has 0 spiro atoms. The fraction of sp³-hybridized carbons (Fsp3) is 0.542. The number of aromatic amines is 1. The van der Waals surface area contributed by atoms with Gasteiger partial charge in [0, 0.05) is 17.0 Å². The first-order valence-corrected chi connectivity index (χ1v) is 15.4. The lowest BCUT2D eigenvalue weighted by Crippen LogP contribution is -2.52. The van der Waals surface area contributed by atoms with E-state index in [2.05, 4.69) is 40.5 Å². The van der Waals surface area contributed by atoms with Gasteiger partial charge in [-0.15, -0.1) is 0 Å². The van der Waals surface area contributed by atoms with Gasteiger partial charge < -0.3 is 20.3 Å². The van der Waals surface area contributed by atoms with Crippen LogP contribution < -0.4 is 15.4 Å². The highest BCUT2D eigenvalue weighted by molar-refractivity contribution is 6.83. The number of rotatable bonds is 4. The highest BCUT2D eigenvalue weighted by atomic mass is 28.3. The maximum absolute atomic E-state index is 14.6. The van der Waals surface area contributed by atoms with Crippen LogP contribution in [0, 0.1) is 5.82 Å². The summed E-state index contributed by atoms with van der Waals surface area (Å²) in [4.78, 5) is 28.3. The monoisotopic (exact) mass is 485 g/mol. The zero-order chi connectivity index (χ0) is 24.5. The predicted molar refractivity (Wildman–Crippen MR) is 130 cm³/mol. The number of aromatic nitrogens is 2. The molecule has 0 bridgehead atoms. The summed E-state index contributed by atoms with van der Waals surface area (Å²) in [6.45, 7) is 11.2. The van der Waals surface area contributed by atoms with Crippen molar-refractivity contribution in [1.82, 2.24) is 15.1 Å². The summed E-state index contributed by atoms with van der Waals surface area (Å²) < 4.78 is 20.1. The van der Waals surface area contributed by atoms with Gasteiger partial charge in [0.2, 0.25) is 5.91 Å². The van der Waals surface area contributed by atoms with Crippen LogP contribution in [0.15, 0.2) is 12.1 Å². The molecule has 182 valence electrons. The second kappa shape index (κ2) is 7.56. The Morgan fingerprint density at radius 1 is 1.21 bits per heavy atom. The minimum Gasteiger partial charge on any atom is -0.491 e. The maximum Gasteiger partial charge on any atom is 0.323 e. The molecular formula is C24H32FN5O3Si. The van der Waals surface area contributed by atoms with Crippen molar-refractivity contribution < 1.29 is 18.7 Å². The number of halogens is 1. The maximum atomic E-state index is 14.6. The van der Waals surface area contributed by atoms with Crippen molar-refractivity contribution in [3.8, 4) is 5.75 Å². The molecule has 1 aliphatic carbocycles. The van der Waals surface area contributed by atoms with Crippen molar-refractivity contribution in [2.75, 3.05) is 17.2 Å². The van der Waals surface area contributed by atoms with Crippen molar-refractivity contribution in [1.29, 1.82) is 0 Å². The topological polar surface area (TPSA) is 99.4 Å². The van der Waals surface area contributed by atoms with Crippen LogP contribution in [0.2, 0.25) is 24.7 Å². The van der Waals surface area contributed by atoms with Gasteiger partial charge in [-0.3, -0.25) is 9.89 Å². The van der Waals surface area contributed by atoms with Crippen LogP contribution in [0.1, 0.15) is 49.9 Å². The minimum absolute atomic E-state index is 0.0343. The third-order valence-corrected chi connectivity index (χ3v) is 11.7. The van der Waals surface area contributed by atoms with E-state index in [0.29, 0.717) is 24.6 Å². The zero-order valence-corrected chi connectivity index (χ0v) is 21.4. The van der Waals surface area contributed by atoms with Crippen LogP contribution in [-0.4, -0.2) is 41.7 Å². The molecule has 2 aromatic rings. The Labute approximate surface area is 199 Å². The predicted octanol–water partition coefficient (Wildman–Crippen LogP) is 4.97. The Balaban J connectivity index is 1.38. The molecule has 2 aliphatic heterocycles. The largest absolute Gasteiger partial charge is 0.491 e. The molecule has 10 heteroatoms. The molecule has 0 atom stereocenters. The number of anilines is 2. The minimum atomic E-state index is -1.74. The molecule has 0 unspecified atom stereocenters. The summed E-state index contributed by atoms with van der Waals surface area (Å²) >= 11 is 0. The smallest absolute Gasteiger partial charge is 0.323 e. The SMILES string of the molecule is CC1(C)c2[nH]nc(NC(=O)C3([Si](C)(C)C)CCC3)c2CN1C(=O)Nc1c(F)ccc2c1OCC2. The first kappa shape index (κ1) is 22.9. The van der Waals surface area contributed by atoms with E-state index in [0.717, 1.165) is 36.1 Å². The van der Waals surface area contributed by atoms with Crippen LogP contribution in [0.3, 0.4) is 0 Å². The van der Waals surface area contributed by atoms with Gasteiger partial charge in [0.1, 0.15) is 11.4 Å². The molecule has 3 amide bonds. The number of nitrogens with one attached hydrogen (secondary N) is 3. The van der Waals surface area contributed by atoms with Gasteiger partial charge in [-0.2, -0.15) is 5.10 Å². The van der Waals surface area contributed by atoms with Gasteiger partial charge in [0.25, 0.3) is 0 Å². The number of carbonyl (C=O) groups excluding carboxylic acids is 2. The molecule has 1 saturated carbocycles. The number of H-pyrrole nitrogens is 1. The van der Waals surface area contributed by atoms with E-state index in [4.69, 9.17) is 4.74 Å². The van der Waals surface area contributed by atoms with Crippen LogP contribution in [0.4, 0.5) is 20.7 Å². The van der Waals surface area contributed by atoms with Crippen molar-refractivity contribution in [2.45, 2.75) is 76.3 Å². The van der Waals surface area contributed by atoms with E-state index in [9.17, 15) is 14.0 Å². The van der Waals surface area contributed by atoms with Gasteiger partial charge in [-0.05, 0) is 38.3 Å². The zero-order valence-electron chi connectivity index (χ0n) is 20.4. The van der Waals surface area contributed by atoms with E-state index in [-0.39, 0.29) is 23.2 Å². The van der Waals surface area contributed by atoms with Crippen molar-refractivity contribution >= 4 is 31.5 Å². The number of ether oxygens (including phenoxy) is 1. The summed E-state index contributed by atoms with van der Waals surface area (Å²) in [5, 5.41) is 12.9. The van der Waals surface area contributed by atoms with Crippen LogP contribution in [0.25, 0.3) is 0 Å². The fourth-order valence-corrected chi connectivity index (χ4v) is 8.13. The lowest BCUT2D eigenvalue weighted by Gasteiger charge is -2.48. The van der Waals surface area contributed by atoms with Gasteiger partial charge >= 0.3 is 6.03 Å². The molecule has 1 aromatic heterocycles. The van der Waals surface area contributed by atoms with E-state index >= 15 is 0 Å². The number of fused-ring (bicyclic) bond motifs is 2. The highest BCUT2D eigenvalue weighted by Gasteiger charge is 2.54. The number of amides is 3. The second-order valence-corrected chi connectivity index (χ2v) is 16.6. The number of urea groups is 1. The summed E-state index contributed by atoms with van der Waals surface area (Å²) in [7, 11) is -1.74. The molecule has 3 aliphatic rings. The molecule has 3 N–H and O–H groups in total. The van der Waals surface area contributed by atoms with E-state index in [1.807, 2.05) is 13.8 Å². The van der Waals surface area contributed by atoms with Crippen LogP contribution in [0.5, 0.6) is 5.75 Å². The van der Waals surface area contributed by atoms with E-state index < -0.39 is 25.5 Å². The van der Waals surface area contributed by atoms with Crippen molar-refractivity contribution in [3.63, 3.8) is 0 Å². The normalized spacial score (nSPS) is 19.6. The first-order valence-electron chi connectivity index (χ1n) is 11.9. The lowest BCUT2D eigenvalue weighted by atomic mass is 9.83. The Hall–Kier alpha value is -2.88. The van der Waals surface area contributed by atoms with Gasteiger partial charge in [-0.1, -0.05) is 32.1 Å². The summed E-state index contributed by atoms with van der Waals surface area (Å²) in [5.41, 5.74) is 1.78. The van der Waals surface area contributed by atoms with Gasteiger partial charge in [0.15, 0.2) is 11.6 Å². The molecule has 5 rings (SSSR count). The molecule has 3 heterocycles. The summed E-state index contributed by atoms with van der Waals surface area (Å²) in [5.74, 6) is 0.377. The Morgan fingerprint density at radius 2 is 1.94 bits per heavy atom. The third kappa shape index (κ3) is 3.25. The Morgan fingerprint density at radius 3 is 2.59 bits per heavy atom. The molecule has 34 heavy (non-hydrogen) atoms. The molecule has 1 fully saturated rings. The number of hydrogen-bond acceptors (Lipinski definition) is 4. The average Bonchev–Trinajstić information content (AvgIpc) is 3.38. The molecule has 1 aromatic carbocycles. The highest BCUT2D eigenvalue weighted by Crippen LogP contribution is 2.56. The molecule has 8 nitrogen and oxygen atoms in total. The first-order chi connectivity index (χ1) is 16.0. The van der Waals surface area contributed by atoms with Crippen molar-refractivity contribution in [3.05, 3.63) is 34.8 Å². The summed E-state index contributed by atoms with van der Waals surface area (Å²) in [6.07, 6.45) is 3.58. The number of benzene rings is 1. The quantitative estimate of drug-likeness (QED) is 0.533. The van der Waals surface area contributed by atoms with E-state index in [1.165, 1.54) is 6.07 Å². The number of hydrogen-bond donors (Lipinski definition) is 3. The standard InChI is InChI=1S/C24H32FN5O3Si/c1-23(2)19-15(20(29-28-19)27-21(31)24(10-6-11-24)34(3,4)5)13-30(23)22(32)26-17-16(25)8-7-14-9-12-33-18(14)17/h7-8H,6,9-13H2,1-5H3,(H,26,32)(H2,27,28,29,31). The van der Waals surface area contributed by atoms with Gasteiger partial charge in [0.05, 0.1) is 32.5 Å². The van der Waals surface area contributed by atoms with Gasteiger partial charge in [-0.25, -0.2) is 9.18 Å². The summed E-state index contributed by atoms with van der Waals surface area (Å²) in [6, 6.07) is 2.60. The third-order valence-electron chi connectivity index (χ3n) is 8.06. The molecule has 0 saturated heterocycles. The molecular weight excluding hydrogens is 453 g/mol. The second-order valence-electron chi connectivity index (χ2n) is 11.1.